The minimum atomic E-state index is -0.947. The minimum Gasteiger partial charge on any atom is -0.394 e. The normalized spacial score (nSPS) is 10.5. The highest BCUT2D eigenvalue weighted by molar-refractivity contribution is 5.94. The topological polar surface area (TPSA) is 96.7 Å². The lowest BCUT2D eigenvalue weighted by Gasteiger charge is -2.06. The second-order valence-electron chi connectivity index (χ2n) is 4.15. The number of nitrogen functional groups attached to an aromatic ring is 1. The van der Waals surface area contributed by atoms with Crippen molar-refractivity contribution >= 4 is 11.6 Å². The number of nitrogens with two attached hydrogens (primary N) is 1. The molecule has 20 heavy (non-hydrogen) atoms. The number of nitrogens with one attached hydrogen (secondary N) is 2. The van der Waals surface area contributed by atoms with E-state index in [4.69, 9.17) is 5.73 Å². The maximum atomic E-state index is 13.2. The molecule has 0 bridgehead atoms. The van der Waals surface area contributed by atoms with Gasteiger partial charge in [0.15, 0.2) is 0 Å². The summed E-state index contributed by atoms with van der Waals surface area (Å²) in [6, 6.07) is 1.81. The summed E-state index contributed by atoms with van der Waals surface area (Å²) in [5.74, 6) is -1.74. The van der Waals surface area contributed by atoms with Crippen LogP contribution in [0, 0.1) is 11.6 Å². The van der Waals surface area contributed by atoms with Gasteiger partial charge in [0.25, 0.3) is 5.91 Å². The Morgan fingerprint density at radius 2 is 2.05 bits per heavy atom. The third-order valence-electron chi connectivity index (χ3n) is 2.68. The van der Waals surface area contributed by atoms with Crippen molar-refractivity contribution in [2.45, 2.75) is 12.8 Å². The number of nitrogens with zero attached hydrogens (tertiary/aromatic N) is 2. The van der Waals surface area contributed by atoms with Gasteiger partial charge in [0.05, 0.1) is 0 Å². The first kappa shape index (κ1) is 13.9. The van der Waals surface area contributed by atoms with Crippen molar-refractivity contribution in [3.63, 3.8) is 0 Å². The van der Waals surface area contributed by atoms with E-state index in [1.54, 1.807) is 0 Å². The number of rotatable bonds is 5. The van der Waals surface area contributed by atoms with Gasteiger partial charge in [-0.2, -0.15) is 5.10 Å². The van der Waals surface area contributed by atoms with Gasteiger partial charge in [0.2, 0.25) is 0 Å². The quantitative estimate of drug-likeness (QED) is 0.563. The van der Waals surface area contributed by atoms with Crippen LogP contribution < -0.4 is 11.1 Å². The number of hydrogen-bond donors (Lipinski definition) is 3. The maximum Gasteiger partial charge on any atom is 0.251 e. The molecule has 1 aromatic heterocycles. The van der Waals surface area contributed by atoms with Crippen molar-refractivity contribution in [1.29, 1.82) is 0 Å². The van der Waals surface area contributed by atoms with Gasteiger partial charge in [-0.15, -0.1) is 0 Å². The van der Waals surface area contributed by atoms with Crippen molar-refractivity contribution in [3.05, 3.63) is 41.5 Å². The number of amides is 1. The molecule has 4 N–H and O–H groups in total. The Labute approximate surface area is 113 Å². The Kier molecular flexibility index (Phi) is 4.24. The average Bonchev–Trinajstić information content (AvgIpc) is 2.93. The molecule has 0 saturated carbocycles. The molecule has 0 aliphatic rings. The number of benzene rings is 1. The van der Waals surface area contributed by atoms with E-state index in [-0.39, 0.29) is 5.56 Å². The summed E-state index contributed by atoms with van der Waals surface area (Å²) in [5, 5.41) is 8.94. The van der Waals surface area contributed by atoms with E-state index in [0.717, 1.165) is 12.1 Å². The predicted molar refractivity (Wildman–Crippen MR) is 67.8 cm³/mol. The van der Waals surface area contributed by atoms with Crippen LogP contribution in [-0.2, 0) is 6.42 Å². The average molecular weight is 281 g/mol. The molecule has 0 atom stereocenters. The van der Waals surface area contributed by atoms with Gasteiger partial charge in [-0.25, -0.2) is 13.8 Å². The molecule has 1 aromatic carbocycles. The van der Waals surface area contributed by atoms with E-state index < -0.39 is 23.2 Å². The van der Waals surface area contributed by atoms with E-state index in [1.807, 2.05) is 0 Å². The van der Waals surface area contributed by atoms with E-state index in [9.17, 15) is 13.6 Å². The molecule has 0 aliphatic heterocycles. The van der Waals surface area contributed by atoms with Gasteiger partial charge in [-0.1, -0.05) is 0 Å². The highest BCUT2D eigenvalue weighted by Gasteiger charge is 2.12. The molecule has 1 amide bonds. The molecule has 8 heteroatoms. The fourth-order valence-electron chi connectivity index (χ4n) is 1.63. The van der Waals surface area contributed by atoms with Crippen LogP contribution >= 0.6 is 0 Å². The number of carbonyl (C=O) groups excluding carboxylic acids is 1. The first-order valence-electron chi connectivity index (χ1n) is 5.95. The number of anilines is 1. The van der Waals surface area contributed by atoms with Crippen LogP contribution in [0.15, 0.2) is 18.5 Å². The highest BCUT2D eigenvalue weighted by atomic mass is 19.1. The summed E-state index contributed by atoms with van der Waals surface area (Å²) in [6.45, 7) is 0.354. The Balaban J connectivity index is 1.86. The zero-order chi connectivity index (χ0) is 14.5. The van der Waals surface area contributed by atoms with Crippen LogP contribution in [-0.4, -0.2) is 27.6 Å². The van der Waals surface area contributed by atoms with Gasteiger partial charge in [0.1, 0.15) is 29.5 Å². The third kappa shape index (κ3) is 3.28. The van der Waals surface area contributed by atoms with Crippen LogP contribution in [0.25, 0.3) is 0 Å². The van der Waals surface area contributed by atoms with Crippen LogP contribution in [0.1, 0.15) is 22.6 Å². The number of aryl methyl sites for hydroxylation is 1. The number of aromatic nitrogens is 3. The standard InChI is InChI=1S/C12H13F2N5O/c13-8-4-7(5-9(14)11(8)15)12(20)16-3-1-2-10-17-6-18-19-10/h4-6H,1-3,15H2,(H,16,20)(H,17,18,19). The number of carbonyl (C=O) groups is 1. The third-order valence-corrected chi connectivity index (χ3v) is 2.68. The molecule has 0 aliphatic carbocycles. The Morgan fingerprint density at radius 3 is 2.65 bits per heavy atom. The fourth-order valence-corrected chi connectivity index (χ4v) is 1.63. The first-order valence-corrected chi connectivity index (χ1v) is 5.95. The van der Waals surface area contributed by atoms with Crippen molar-refractivity contribution in [2.75, 3.05) is 12.3 Å². The van der Waals surface area contributed by atoms with Gasteiger partial charge in [-0.05, 0) is 18.6 Å². The van der Waals surface area contributed by atoms with E-state index in [2.05, 4.69) is 20.5 Å². The van der Waals surface area contributed by atoms with Gasteiger partial charge in [-0.3, -0.25) is 9.89 Å². The monoisotopic (exact) mass is 281 g/mol. The molecule has 2 rings (SSSR count). The SMILES string of the molecule is Nc1c(F)cc(C(=O)NCCCc2ncn[nH]2)cc1F. The van der Waals surface area contributed by atoms with E-state index in [1.165, 1.54) is 6.33 Å². The lowest BCUT2D eigenvalue weighted by Crippen LogP contribution is -2.25. The van der Waals surface area contributed by atoms with E-state index in [0.29, 0.717) is 25.2 Å². The number of aromatic amines is 1. The van der Waals surface area contributed by atoms with Crippen molar-refractivity contribution in [1.82, 2.24) is 20.5 Å². The number of H-pyrrole nitrogens is 1. The summed E-state index contributed by atoms with van der Waals surface area (Å²) in [6.07, 6.45) is 2.64. The zero-order valence-electron chi connectivity index (χ0n) is 10.5. The number of hydrogen-bond acceptors (Lipinski definition) is 4. The van der Waals surface area contributed by atoms with Crippen molar-refractivity contribution in [2.24, 2.45) is 0 Å². The summed E-state index contributed by atoms with van der Waals surface area (Å²) in [4.78, 5) is 15.6. The molecule has 2 aromatic rings. The van der Waals surface area contributed by atoms with E-state index >= 15 is 0 Å². The molecular formula is C12H13F2N5O. The Hall–Kier alpha value is -2.51. The van der Waals surface area contributed by atoms with Crippen LogP contribution in [0.2, 0.25) is 0 Å². The largest absolute Gasteiger partial charge is 0.394 e. The maximum absolute atomic E-state index is 13.2. The summed E-state index contributed by atoms with van der Waals surface area (Å²) in [5.41, 5.74) is 4.43. The van der Waals surface area contributed by atoms with Crippen LogP contribution in [0.4, 0.5) is 14.5 Å². The predicted octanol–water partition coefficient (Wildman–Crippen LogP) is 1.03. The Bertz CT molecular complexity index is 577. The molecular weight excluding hydrogens is 268 g/mol. The van der Waals surface area contributed by atoms with Gasteiger partial charge in [0, 0.05) is 18.5 Å². The molecule has 0 fully saturated rings. The number of halogens is 2. The first-order chi connectivity index (χ1) is 9.58. The van der Waals surface area contributed by atoms with Crippen LogP contribution in [0.3, 0.4) is 0 Å². The van der Waals surface area contributed by atoms with Gasteiger partial charge < -0.3 is 11.1 Å². The van der Waals surface area contributed by atoms with Crippen LogP contribution in [0.5, 0.6) is 0 Å². The summed E-state index contributed by atoms with van der Waals surface area (Å²) in [7, 11) is 0. The minimum absolute atomic E-state index is 0.103. The highest BCUT2D eigenvalue weighted by Crippen LogP contribution is 2.17. The van der Waals surface area contributed by atoms with Gasteiger partial charge >= 0.3 is 0 Å². The molecule has 0 saturated heterocycles. The molecule has 6 nitrogen and oxygen atoms in total. The zero-order valence-corrected chi connectivity index (χ0v) is 10.5. The second-order valence-corrected chi connectivity index (χ2v) is 4.15. The lowest BCUT2D eigenvalue weighted by molar-refractivity contribution is 0.0952. The smallest absolute Gasteiger partial charge is 0.251 e. The van der Waals surface area contributed by atoms with Crippen molar-refractivity contribution in [3.8, 4) is 0 Å². The summed E-state index contributed by atoms with van der Waals surface area (Å²) < 4.78 is 26.4. The Morgan fingerprint density at radius 1 is 1.35 bits per heavy atom. The lowest BCUT2D eigenvalue weighted by atomic mass is 10.1. The second kappa shape index (κ2) is 6.09. The molecule has 0 radical (unpaired) electrons. The fraction of sp³-hybridized carbons (Fsp3) is 0.250. The van der Waals surface area contributed by atoms with Crippen molar-refractivity contribution < 1.29 is 13.6 Å². The summed E-state index contributed by atoms with van der Waals surface area (Å²) >= 11 is 0. The molecule has 0 spiro atoms. The molecule has 0 unspecified atom stereocenters. The molecule has 1 heterocycles. The molecule has 106 valence electrons.